The van der Waals surface area contributed by atoms with Gasteiger partial charge in [0, 0.05) is 12.6 Å². The Morgan fingerprint density at radius 3 is 2.58 bits per heavy atom. The van der Waals surface area contributed by atoms with Gasteiger partial charge in [0.15, 0.2) is 0 Å². The van der Waals surface area contributed by atoms with Gasteiger partial charge in [0.1, 0.15) is 0 Å². The first-order valence-corrected chi connectivity index (χ1v) is 9.28. The van der Waals surface area contributed by atoms with Crippen LogP contribution in [0.25, 0.3) is 0 Å². The summed E-state index contributed by atoms with van der Waals surface area (Å²) in [6.45, 7) is 8.64. The lowest BCUT2D eigenvalue weighted by Gasteiger charge is -2.29. The smallest absolute Gasteiger partial charge is 0.214 e. The molecule has 0 aromatic carbocycles. The lowest BCUT2D eigenvalue weighted by molar-refractivity contribution is 0.334. The van der Waals surface area contributed by atoms with Crippen LogP contribution < -0.4 is 5.32 Å². The summed E-state index contributed by atoms with van der Waals surface area (Å²) in [5.74, 6) is 0.593. The monoisotopic (exact) mass is 290 g/mol. The number of sulfonamides is 1. The molecule has 1 rings (SSSR count). The van der Waals surface area contributed by atoms with Gasteiger partial charge in [0.2, 0.25) is 10.0 Å². The average molecular weight is 290 g/mol. The van der Waals surface area contributed by atoms with Crippen LogP contribution in [0, 0.1) is 5.92 Å². The van der Waals surface area contributed by atoms with Crippen molar-refractivity contribution in [3.05, 3.63) is 0 Å². The summed E-state index contributed by atoms with van der Waals surface area (Å²) in [6.07, 6.45) is 5.32. The first-order chi connectivity index (χ1) is 8.97. The van der Waals surface area contributed by atoms with Gasteiger partial charge in [-0.3, -0.25) is 0 Å². The Labute approximate surface area is 119 Å². The molecule has 1 heterocycles. The molecular formula is C14H30N2O2S. The van der Waals surface area contributed by atoms with E-state index in [2.05, 4.69) is 12.2 Å². The van der Waals surface area contributed by atoms with E-state index in [4.69, 9.17) is 0 Å². The third-order valence-electron chi connectivity index (χ3n) is 3.76. The number of nitrogens with one attached hydrogen (secondary N) is 1. The molecule has 0 aromatic rings. The summed E-state index contributed by atoms with van der Waals surface area (Å²) >= 11 is 0. The standard InChI is InChI=1S/C14H30N2O2S/c1-4-5-6-10-16(13(2)3)19(17,18)12-14-8-7-9-15-11-14/h13-15H,4-12H2,1-3H3. The van der Waals surface area contributed by atoms with Gasteiger partial charge in [-0.15, -0.1) is 0 Å². The Kier molecular flexibility index (Phi) is 7.32. The summed E-state index contributed by atoms with van der Waals surface area (Å²) in [5.41, 5.74) is 0. The fraction of sp³-hybridized carbons (Fsp3) is 1.00. The molecule has 1 unspecified atom stereocenters. The number of hydrogen-bond donors (Lipinski definition) is 1. The largest absolute Gasteiger partial charge is 0.316 e. The van der Waals surface area contributed by atoms with Gasteiger partial charge in [-0.05, 0) is 52.1 Å². The lowest BCUT2D eigenvalue weighted by atomic mass is 10.0. The second kappa shape index (κ2) is 8.22. The summed E-state index contributed by atoms with van der Waals surface area (Å²) in [7, 11) is -3.11. The summed E-state index contributed by atoms with van der Waals surface area (Å²) < 4.78 is 26.8. The first kappa shape index (κ1) is 16.9. The Morgan fingerprint density at radius 1 is 1.32 bits per heavy atom. The highest BCUT2D eigenvalue weighted by Gasteiger charge is 2.28. The molecule has 0 bridgehead atoms. The van der Waals surface area contributed by atoms with E-state index in [0.717, 1.165) is 45.2 Å². The van der Waals surface area contributed by atoms with Crippen LogP contribution in [0.3, 0.4) is 0 Å². The summed E-state index contributed by atoms with van der Waals surface area (Å²) in [5, 5.41) is 3.29. The molecule has 1 aliphatic heterocycles. The van der Waals surface area contributed by atoms with Crippen molar-refractivity contribution in [2.24, 2.45) is 5.92 Å². The Hall–Kier alpha value is -0.130. The maximum absolute atomic E-state index is 12.5. The SMILES string of the molecule is CCCCCN(C(C)C)S(=O)(=O)CC1CCCNC1. The van der Waals surface area contributed by atoms with E-state index in [-0.39, 0.29) is 12.0 Å². The first-order valence-electron chi connectivity index (χ1n) is 7.67. The van der Waals surface area contributed by atoms with Gasteiger partial charge in [0.05, 0.1) is 5.75 Å². The molecule has 5 heteroatoms. The number of piperidine rings is 1. The Balaban J connectivity index is 2.58. The fourth-order valence-corrected chi connectivity index (χ4v) is 4.82. The van der Waals surface area contributed by atoms with Gasteiger partial charge in [-0.2, -0.15) is 4.31 Å². The molecule has 0 amide bonds. The third kappa shape index (κ3) is 5.79. The topological polar surface area (TPSA) is 49.4 Å². The maximum atomic E-state index is 12.5. The molecular weight excluding hydrogens is 260 g/mol. The number of unbranched alkanes of at least 4 members (excludes halogenated alkanes) is 2. The van der Waals surface area contributed by atoms with Crippen molar-refractivity contribution in [1.82, 2.24) is 9.62 Å². The molecule has 1 atom stereocenters. The zero-order valence-corrected chi connectivity index (χ0v) is 13.5. The molecule has 0 aliphatic carbocycles. The van der Waals surface area contributed by atoms with Crippen molar-refractivity contribution in [3.8, 4) is 0 Å². The minimum Gasteiger partial charge on any atom is -0.316 e. The minimum atomic E-state index is -3.11. The van der Waals surface area contributed by atoms with Crippen molar-refractivity contribution in [3.63, 3.8) is 0 Å². The zero-order valence-electron chi connectivity index (χ0n) is 12.7. The highest BCUT2D eigenvalue weighted by Crippen LogP contribution is 2.17. The van der Waals surface area contributed by atoms with Crippen LogP contribution in [0.2, 0.25) is 0 Å². The van der Waals surface area contributed by atoms with Gasteiger partial charge in [-0.25, -0.2) is 8.42 Å². The van der Waals surface area contributed by atoms with Gasteiger partial charge in [-0.1, -0.05) is 19.8 Å². The van der Waals surface area contributed by atoms with E-state index in [1.165, 1.54) is 0 Å². The molecule has 1 saturated heterocycles. The van der Waals surface area contributed by atoms with Crippen molar-refractivity contribution in [2.75, 3.05) is 25.4 Å². The van der Waals surface area contributed by atoms with Crippen molar-refractivity contribution >= 4 is 10.0 Å². The van der Waals surface area contributed by atoms with Gasteiger partial charge >= 0.3 is 0 Å². The normalized spacial score (nSPS) is 21.2. The van der Waals surface area contributed by atoms with Crippen LogP contribution in [-0.2, 0) is 10.0 Å². The molecule has 1 fully saturated rings. The fourth-order valence-electron chi connectivity index (χ4n) is 2.70. The Bertz CT molecular complexity index is 335. The van der Waals surface area contributed by atoms with Crippen LogP contribution in [0.15, 0.2) is 0 Å². The average Bonchev–Trinajstić information content (AvgIpc) is 2.34. The highest BCUT2D eigenvalue weighted by molar-refractivity contribution is 7.89. The van der Waals surface area contributed by atoms with Crippen LogP contribution >= 0.6 is 0 Å². The third-order valence-corrected chi connectivity index (χ3v) is 5.97. The number of hydrogen-bond acceptors (Lipinski definition) is 3. The van der Waals surface area contributed by atoms with E-state index < -0.39 is 10.0 Å². The van der Waals surface area contributed by atoms with Crippen molar-refractivity contribution in [2.45, 2.75) is 58.9 Å². The number of nitrogens with zero attached hydrogens (tertiary/aromatic N) is 1. The molecule has 19 heavy (non-hydrogen) atoms. The second-order valence-corrected chi connectivity index (χ2v) is 7.87. The lowest BCUT2D eigenvalue weighted by Crippen LogP contribution is -2.43. The molecule has 4 nitrogen and oxygen atoms in total. The van der Waals surface area contributed by atoms with Crippen LogP contribution in [0.4, 0.5) is 0 Å². The minimum absolute atomic E-state index is 0.0680. The van der Waals surface area contributed by atoms with E-state index >= 15 is 0 Å². The predicted molar refractivity (Wildman–Crippen MR) is 80.7 cm³/mol. The second-order valence-electron chi connectivity index (χ2n) is 5.90. The van der Waals surface area contributed by atoms with Crippen molar-refractivity contribution < 1.29 is 8.42 Å². The van der Waals surface area contributed by atoms with Crippen LogP contribution in [0.1, 0.15) is 52.9 Å². The van der Waals surface area contributed by atoms with E-state index in [1.807, 2.05) is 13.8 Å². The maximum Gasteiger partial charge on any atom is 0.214 e. The molecule has 0 aromatic heterocycles. The van der Waals surface area contributed by atoms with Gasteiger partial charge < -0.3 is 5.32 Å². The van der Waals surface area contributed by atoms with Crippen LogP contribution in [0.5, 0.6) is 0 Å². The number of rotatable bonds is 8. The van der Waals surface area contributed by atoms with E-state index in [9.17, 15) is 8.42 Å². The summed E-state index contributed by atoms with van der Waals surface area (Å²) in [6, 6.07) is 0.0680. The Morgan fingerprint density at radius 2 is 2.05 bits per heavy atom. The van der Waals surface area contributed by atoms with E-state index in [1.54, 1.807) is 4.31 Å². The van der Waals surface area contributed by atoms with Crippen LogP contribution in [-0.4, -0.2) is 44.2 Å². The molecule has 1 aliphatic rings. The molecule has 0 saturated carbocycles. The van der Waals surface area contributed by atoms with E-state index in [0.29, 0.717) is 12.3 Å². The molecule has 1 N–H and O–H groups in total. The predicted octanol–water partition coefficient (Wildman–Crippen LogP) is 2.22. The highest BCUT2D eigenvalue weighted by atomic mass is 32.2. The molecule has 0 radical (unpaired) electrons. The summed E-state index contributed by atoms with van der Waals surface area (Å²) in [4.78, 5) is 0. The zero-order chi connectivity index (χ0) is 14.3. The van der Waals surface area contributed by atoms with Crippen molar-refractivity contribution in [1.29, 1.82) is 0 Å². The van der Waals surface area contributed by atoms with Gasteiger partial charge in [0.25, 0.3) is 0 Å². The quantitative estimate of drug-likeness (QED) is 0.697. The molecule has 0 spiro atoms. The molecule has 114 valence electrons.